The van der Waals surface area contributed by atoms with Crippen LogP contribution in [0.1, 0.15) is 32.3 Å². The molecule has 0 spiro atoms. The van der Waals surface area contributed by atoms with Gasteiger partial charge in [-0.05, 0) is 30.2 Å². The lowest BCUT2D eigenvalue weighted by molar-refractivity contribution is 0.288. The Morgan fingerprint density at radius 2 is 2.19 bits per heavy atom. The van der Waals surface area contributed by atoms with E-state index in [2.05, 4.69) is 34.5 Å². The molecule has 1 fully saturated rings. The molecular formula is C16H26N4O. The van der Waals surface area contributed by atoms with Crippen LogP contribution in [-0.4, -0.2) is 31.1 Å². The second-order valence-corrected chi connectivity index (χ2v) is 5.96. The number of hydrogen-bond acceptors (Lipinski definition) is 3. The second-order valence-electron chi connectivity index (χ2n) is 5.96. The first-order valence-electron chi connectivity index (χ1n) is 7.69. The van der Waals surface area contributed by atoms with E-state index in [4.69, 9.17) is 4.74 Å². The van der Waals surface area contributed by atoms with Crippen molar-refractivity contribution in [3.05, 3.63) is 23.9 Å². The van der Waals surface area contributed by atoms with Crippen molar-refractivity contribution in [2.75, 3.05) is 20.2 Å². The van der Waals surface area contributed by atoms with Crippen molar-refractivity contribution < 1.29 is 4.74 Å². The van der Waals surface area contributed by atoms with Gasteiger partial charge in [0, 0.05) is 32.4 Å². The third kappa shape index (κ3) is 6.02. The van der Waals surface area contributed by atoms with Gasteiger partial charge in [0.2, 0.25) is 5.88 Å². The van der Waals surface area contributed by atoms with Crippen LogP contribution in [0.15, 0.2) is 23.3 Å². The Morgan fingerprint density at radius 1 is 1.38 bits per heavy atom. The molecule has 5 heteroatoms. The van der Waals surface area contributed by atoms with Crippen molar-refractivity contribution in [3.8, 4) is 5.88 Å². The zero-order valence-corrected chi connectivity index (χ0v) is 13.2. The lowest BCUT2D eigenvalue weighted by Crippen LogP contribution is -2.38. The summed E-state index contributed by atoms with van der Waals surface area (Å²) in [4.78, 5) is 8.53. The summed E-state index contributed by atoms with van der Waals surface area (Å²) >= 11 is 0. The molecule has 1 aromatic heterocycles. The molecular weight excluding hydrogens is 264 g/mol. The van der Waals surface area contributed by atoms with Crippen LogP contribution in [0.5, 0.6) is 5.88 Å². The minimum absolute atomic E-state index is 0.591. The molecule has 1 aliphatic rings. The molecule has 0 atom stereocenters. The van der Waals surface area contributed by atoms with E-state index in [0.29, 0.717) is 18.3 Å². The first-order chi connectivity index (χ1) is 10.2. The fourth-order valence-electron chi connectivity index (χ4n) is 1.80. The Labute approximate surface area is 127 Å². The van der Waals surface area contributed by atoms with Crippen molar-refractivity contribution in [2.24, 2.45) is 16.8 Å². The van der Waals surface area contributed by atoms with Gasteiger partial charge < -0.3 is 15.4 Å². The summed E-state index contributed by atoms with van der Waals surface area (Å²) in [6.45, 7) is 6.75. The molecule has 1 heterocycles. The zero-order chi connectivity index (χ0) is 15.1. The van der Waals surface area contributed by atoms with Crippen molar-refractivity contribution in [1.29, 1.82) is 0 Å². The molecule has 1 saturated carbocycles. The van der Waals surface area contributed by atoms with Crippen molar-refractivity contribution in [3.63, 3.8) is 0 Å². The molecule has 0 aliphatic heterocycles. The van der Waals surface area contributed by atoms with Crippen LogP contribution >= 0.6 is 0 Å². The molecule has 0 bridgehead atoms. The normalized spacial score (nSPS) is 15.1. The maximum Gasteiger partial charge on any atom is 0.213 e. The first kappa shape index (κ1) is 15.6. The highest BCUT2D eigenvalue weighted by Gasteiger charge is 2.21. The van der Waals surface area contributed by atoms with E-state index < -0.39 is 0 Å². The predicted octanol–water partition coefficient (Wildman–Crippen LogP) is 2.19. The maximum atomic E-state index is 5.63. The van der Waals surface area contributed by atoms with Crippen molar-refractivity contribution in [2.45, 2.75) is 33.2 Å². The molecule has 0 saturated heterocycles. The summed E-state index contributed by atoms with van der Waals surface area (Å²) < 4.78 is 5.63. The lowest BCUT2D eigenvalue weighted by atomic mass is 10.2. The standard InChI is InChI=1S/C16H26N4O/c1-12(2)8-19-16(17-3)20-10-14-6-7-15(18-9-14)21-11-13-4-5-13/h6-7,9,12-13H,4-5,8,10-11H2,1-3H3,(H2,17,19,20). The predicted molar refractivity (Wildman–Crippen MR) is 85.5 cm³/mol. The van der Waals surface area contributed by atoms with Gasteiger partial charge in [-0.2, -0.15) is 0 Å². The number of aromatic nitrogens is 1. The summed E-state index contributed by atoms with van der Waals surface area (Å²) in [6.07, 6.45) is 4.44. The molecule has 0 unspecified atom stereocenters. The third-order valence-corrected chi connectivity index (χ3v) is 3.32. The van der Waals surface area contributed by atoms with Gasteiger partial charge in [0.05, 0.1) is 6.61 Å². The SMILES string of the molecule is CN=C(NCc1ccc(OCC2CC2)nc1)NCC(C)C. The first-order valence-corrected chi connectivity index (χ1v) is 7.69. The number of rotatable bonds is 7. The molecule has 5 nitrogen and oxygen atoms in total. The Bertz CT molecular complexity index is 452. The monoisotopic (exact) mass is 290 g/mol. The van der Waals surface area contributed by atoms with Gasteiger partial charge in [-0.15, -0.1) is 0 Å². The number of nitrogens with one attached hydrogen (secondary N) is 2. The van der Waals surface area contributed by atoms with Crippen molar-refractivity contribution in [1.82, 2.24) is 15.6 Å². The molecule has 2 rings (SSSR count). The van der Waals surface area contributed by atoms with Gasteiger partial charge in [-0.3, -0.25) is 4.99 Å². The topological polar surface area (TPSA) is 58.5 Å². The zero-order valence-electron chi connectivity index (χ0n) is 13.2. The molecule has 1 aliphatic carbocycles. The van der Waals surface area contributed by atoms with Crippen LogP contribution in [0.4, 0.5) is 0 Å². The Balaban J connectivity index is 1.73. The number of nitrogens with zero attached hydrogens (tertiary/aromatic N) is 2. The number of aliphatic imine (C=N–C) groups is 1. The second kappa shape index (κ2) is 7.86. The van der Waals surface area contributed by atoms with Crippen LogP contribution < -0.4 is 15.4 Å². The molecule has 2 N–H and O–H groups in total. The molecule has 0 radical (unpaired) electrons. The van der Waals surface area contributed by atoms with Crippen LogP contribution in [0.2, 0.25) is 0 Å². The Morgan fingerprint density at radius 3 is 2.76 bits per heavy atom. The van der Waals surface area contributed by atoms with Gasteiger partial charge in [-0.25, -0.2) is 4.98 Å². The highest BCUT2D eigenvalue weighted by molar-refractivity contribution is 5.79. The average Bonchev–Trinajstić information content (AvgIpc) is 3.30. The summed E-state index contributed by atoms with van der Waals surface area (Å²) in [5.41, 5.74) is 1.11. The van der Waals surface area contributed by atoms with E-state index >= 15 is 0 Å². The lowest BCUT2D eigenvalue weighted by Gasteiger charge is -2.13. The third-order valence-electron chi connectivity index (χ3n) is 3.32. The van der Waals surface area contributed by atoms with Gasteiger partial charge in [0.1, 0.15) is 0 Å². The Hall–Kier alpha value is -1.78. The molecule has 21 heavy (non-hydrogen) atoms. The molecule has 116 valence electrons. The quantitative estimate of drug-likeness (QED) is 0.597. The average molecular weight is 290 g/mol. The summed E-state index contributed by atoms with van der Waals surface area (Å²) in [6, 6.07) is 3.97. The van der Waals surface area contributed by atoms with Gasteiger partial charge in [0.25, 0.3) is 0 Å². The van der Waals surface area contributed by atoms with Crippen LogP contribution in [0.25, 0.3) is 0 Å². The molecule has 0 amide bonds. The fourth-order valence-corrected chi connectivity index (χ4v) is 1.80. The van der Waals surface area contributed by atoms with Crippen LogP contribution in [0.3, 0.4) is 0 Å². The molecule has 1 aromatic rings. The summed E-state index contributed by atoms with van der Waals surface area (Å²) in [7, 11) is 1.78. The minimum atomic E-state index is 0.591. The van der Waals surface area contributed by atoms with E-state index in [0.717, 1.165) is 30.6 Å². The highest BCUT2D eigenvalue weighted by Crippen LogP contribution is 2.29. The highest BCUT2D eigenvalue weighted by atomic mass is 16.5. The smallest absolute Gasteiger partial charge is 0.213 e. The number of pyridine rings is 1. The van der Waals surface area contributed by atoms with E-state index in [1.807, 2.05) is 18.3 Å². The molecule has 0 aromatic carbocycles. The largest absolute Gasteiger partial charge is 0.477 e. The van der Waals surface area contributed by atoms with Crippen LogP contribution in [0, 0.1) is 11.8 Å². The fraction of sp³-hybridized carbons (Fsp3) is 0.625. The van der Waals surface area contributed by atoms with E-state index in [1.165, 1.54) is 12.8 Å². The van der Waals surface area contributed by atoms with E-state index in [1.54, 1.807) is 7.05 Å². The number of ether oxygens (including phenoxy) is 1. The van der Waals surface area contributed by atoms with Crippen LogP contribution in [-0.2, 0) is 6.54 Å². The van der Waals surface area contributed by atoms with Crippen molar-refractivity contribution >= 4 is 5.96 Å². The summed E-state index contributed by atoms with van der Waals surface area (Å²) in [5, 5.41) is 6.56. The van der Waals surface area contributed by atoms with E-state index in [-0.39, 0.29) is 0 Å². The number of hydrogen-bond donors (Lipinski definition) is 2. The van der Waals surface area contributed by atoms with Gasteiger partial charge in [0.15, 0.2) is 5.96 Å². The van der Waals surface area contributed by atoms with Gasteiger partial charge in [-0.1, -0.05) is 19.9 Å². The number of guanidine groups is 1. The van der Waals surface area contributed by atoms with Gasteiger partial charge >= 0.3 is 0 Å². The minimum Gasteiger partial charge on any atom is -0.477 e. The van der Waals surface area contributed by atoms with E-state index in [9.17, 15) is 0 Å². The maximum absolute atomic E-state index is 5.63. The Kier molecular flexibility index (Phi) is 5.84. The summed E-state index contributed by atoms with van der Waals surface area (Å²) in [5.74, 6) is 2.88.